The summed E-state index contributed by atoms with van der Waals surface area (Å²) in [6, 6.07) is 0. The van der Waals surface area contributed by atoms with Crippen LogP contribution in [0.5, 0.6) is 0 Å². The molecule has 4 nitrogen and oxygen atoms in total. The van der Waals surface area contributed by atoms with Crippen LogP contribution >= 0.6 is 0 Å². The second-order valence-electron chi connectivity index (χ2n) is 14.2. The van der Waals surface area contributed by atoms with E-state index in [-0.39, 0.29) is 18.5 Å². The van der Waals surface area contributed by atoms with E-state index >= 15 is 0 Å². The average Bonchev–Trinajstić information content (AvgIpc) is 3.06. The molecule has 0 saturated heterocycles. The van der Waals surface area contributed by atoms with Gasteiger partial charge < -0.3 is 9.84 Å². The quantitative estimate of drug-likeness (QED) is 0.0407. The molecular formula is C43H80O4. The molecule has 0 amide bonds. The molecule has 0 aliphatic carbocycles. The van der Waals surface area contributed by atoms with Crippen LogP contribution in [-0.2, 0) is 14.3 Å². The topological polar surface area (TPSA) is 63.6 Å². The highest BCUT2D eigenvalue weighted by Crippen LogP contribution is 2.17. The van der Waals surface area contributed by atoms with E-state index in [1.165, 1.54) is 141 Å². The van der Waals surface area contributed by atoms with Gasteiger partial charge in [0, 0.05) is 12.8 Å². The number of unbranched alkanes of at least 4 members (excludes halogenated alkanes) is 27. The van der Waals surface area contributed by atoms with Crippen LogP contribution in [0.4, 0.5) is 0 Å². The predicted octanol–water partition coefficient (Wildman–Crippen LogP) is 14.4. The molecule has 0 saturated carbocycles. The summed E-state index contributed by atoms with van der Waals surface area (Å²) in [5.74, 6) is -0.803. The minimum atomic E-state index is -0.725. The van der Waals surface area contributed by atoms with Crippen LogP contribution < -0.4 is 0 Å². The minimum Gasteiger partial charge on any atom is -0.481 e. The summed E-state index contributed by atoms with van der Waals surface area (Å²) in [6.07, 6.45) is 49.6. The number of allylic oxidation sites excluding steroid dienone is 3. The van der Waals surface area contributed by atoms with Gasteiger partial charge in [-0.3, -0.25) is 9.59 Å². The highest BCUT2D eigenvalue weighted by atomic mass is 16.5. The summed E-state index contributed by atoms with van der Waals surface area (Å²) < 4.78 is 5.83. The van der Waals surface area contributed by atoms with Gasteiger partial charge in [0.1, 0.15) is 6.10 Å². The van der Waals surface area contributed by atoms with Crippen molar-refractivity contribution < 1.29 is 19.4 Å². The monoisotopic (exact) mass is 661 g/mol. The van der Waals surface area contributed by atoms with Gasteiger partial charge in [0.05, 0.1) is 0 Å². The van der Waals surface area contributed by atoms with Gasteiger partial charge in [-0.05, 0) is 44.6 Å². The Kier molecular flexibility index (Phi) is 37.6. The van der Waals surface area contributed by atoms with E-state index in [9.17, 15) is 9.59 Å². The number of carbonyl (C=O) groups excluding carboxylic acids is 1. The molecule has 0 bridgehead atoms. The minimum absolute atomic E-state index is 0.0779. The normalized spacial score (nSPS) is 12.4. The number of aliphatic carboxylic acids is 1. The first kappa shape index (κ1) is 45.4. The lowest BCUT2D eigenvalue weighted by atomic mass is 10.0. The van der Waals surface area contributed by atoms with Crippen molar-refractivity contribution in [1.82, 2.24) is 0 Å². The molecule has 0 fully saturated rings. The third kappa shape index (κ3) is 38.7. The van der Waals surface area contributed by atoms with Crippen molar-refractivity contribution in [2.24, 2.45) is 0 Å². The molecule has 0 aromatic carbocycles. The van der Waals surface area contributed by atoms with E-state index in [4.69, 9.17) is 9.84 Å². The summed E-state index contributed by atoms with van der Waals surface area (Å²) in [7, 11) is 0. The lowest BCUT2D eigenvalue weighted by Gasteiger charge is -2.14. The molecule has 0 aromatic rings. The molecule has 47 heavy (non-hydrogen) atoms. The van der Waals surface area contributed by atoms with E-state index in [0.29, 0.717) is 6.42 Å². The molecule has 276 valence electrons. The van der Waals surface area contributed by atoms with Gasteiger partial charge in [-0.2, -0.15) is 0 Å². The smallest absolute Gasteiger partial charge is 0.306 e. The molecule has 0 heterocycles. The Labute approximate surface area is 293 Å². The standard InChI is InChI=1S/C43H80O4/c1-3-5-7-9-11-12-13-14-15-16-17-18-19-20-21-22-23-24-25-26-27-28-30-36-40-43(46)47-41(37-33-29-10-8-6-4-2)38-34-31-32-35-39-42(44)45/h8,10,33,37,41H,3-7,9,11-32,34-36,38-40H2,1-2H3,(H,44,45)/b10-8-,37-33-. The number of hydrogen-bond donors (Lipinski definition) is 1. The van der Waals surface area contributed by atoms with Gasteiger partial charge in [-0.15, -0.1) is 0 Å². The van der Waals surface area contributed by atoms with Gasteiger partial charge in [0.25, 0.3) is 0 Å². The first-order valence-corrected chi connectivity index (χ1v) is 20.8. The van der Waals surface area contributed by atoms with Crippen LogP contribution in [0.2, 0.25) is 0 Å². The van der Waals surface area contributed by atoms with Crippen molar-refractivity contribution in [3.63, 3.8) is 0 Å². The van der Waals surface area contributed by atoms with Crippen molar-refractivity contribution in [2.45, 2.75) is 238 Å². The van der Waals surface area contributed by atoms with E-state index in [1.807, 2.05) is 6.08 Å². The molecule has 0 rings (SSSR count). The largest absolute Gasteiger partial charge is 0.481 e. The second kappa shape index (κ2) is 38.9. The van der Waals surface area contributed by atoms with Crippen LogP contribution in [0.15, 0.2) is 24.3 Å². The number of hydrogen-bond acceptors (Lipinski definition) is 3. The lowest BCUT2D eigenvalue weighted by molar-refractivity contribution is -0.147. The number of carboxylic acid groups (broad SMARTS) is 1. The van der Waals surface area contributed by atoms with Gasteiger partial charge in [-0.1, -0.05) is 199 Å². The maximum Gasteiger partial charge on any atom is 0.306 e. The third-order valence-electron chi connectivity index (χ3n) is 9.39. The Balaban J connectivity index is 3.67. The molecule has 0 aliphatic rings. The fourth-order valence-corrected chi connectivity index (χ4v) is 6.32. The molecule has 0 radical (unpaired) electrons. The Morgan fingerprint density at radius 1 is 0.489 bits per heavy atom. The first-order chi connectivity index (χ1) is 23.1. The van der Waals surface area contributed by atoms with Gasteiger partial charge in [0.15, 0.2) is 0 Å². The van der Waals surface area contributed by atoms with Crippen LogP contribution in [0.25, 0.3) is 0 Å². The Hall–Kier alpha value is -1.58. The average molecular weight is 661 g/mol. The number of carboxylic acids is 1. The number of carbonyl (C=O) groups is 2. The van der Waals surface area contributed by atoms with Gasteiger partial charge >= 0.3 is 11.9 Å². The van der Waals surface area contributed by atoms with E-state index in [2.05, 4.69) is 32.1 Å². The van der Waals surface area contributed by atoms with Crippen LogP contribution in [0, 0.1) is 0 Å². The highest BCUT2D eigenvalue weighted by molar-refractivity contribution is 5.69. The highest BCUT2D eigenvalue weighted by Gasteiger charge is 2.11. The molecule has 0 aromatic heterocycles. The molecule has 1 unspecified atom stereocenters. The fourth-order valence-electron chi connectivity index (χ4n) is 6.32. The second-order valence-corrected chi connectivity index (χ2v) is 14.2. The Morgan fingerprint density at radius 3 is 1.32 bits per heavy atom. The van der Waals surface area contributed by atoms with Crippen molar-refractivity contribution in [2.75, 3.05) is 0 Å². The van der Waals surface area contributed by atoms with Crippen LogP contribution in [0.3, 0.4) is 0 Å². The Morgan fingerprint density at radius 2 is 0.894 bits per heavy atom. The third-order valence-corrected chi connectivity index (χ3v) is 9.39. The maximum absolute atomic E-state index is 12.5. The number of ether oxygens (including phenoxy) is 1. The van der Waals surface area contributed by atoms with Crippen LogP contribution in [-0.4, -0.2) is 23.1 Å². The molecule has 0 spiro atoms. The first-order valence-electron chi connectivity index (χ1n) is 20.8. The maximum atomic E-state index is 12.5. The zero-order valence-corrected chi connectivity index (χ0v) is 31.6. The predicted molar refractivity (Wildman–Crippen MR) is 204 cm³/mol. The molecular weight excluding hydrogens is 580 g/mol. The number of rotatable bonds is 38. The lowest BCUT2D eigenvalue weighted by Crippen LogP contribution is -2.16. The molecule has 4 heteroatoms. The van der Waals surface area contributed by atoms with E-state index in [0.717, 1.165) is 64.2 Å². The fraction of sp³-hybridized carbons (Fsp3) is 0.860. The van der Waals surface area contributed by atoms with E-state index < -0.39 is 5.97 Å². The summed E-state index contributed by atoms with van der Waals surface area (Å²) >= 11 is 0. The summed E-state index contributed by atoms with van der Waals surface area (Å²) in [6.45, 7) is 4.47. The summed E-state index contributed by atoms with van der Waals surface area (Å²) in [5.41, 5.74) is 0. The van der Waals surface area contributed by atoms with Gasteiger partial charge in [0.2, 0.25) is 0 Å². The molecule has 0 aliphatic heterocycles. The SMILES string of the molecule is CCC/C=C\C/C=C\C(CCCCCCC(=O)O)OC(=O)CCCCCCCCCCCCCCCCCCCCCCCCCC. The van der Waals surface area contributed by atoms with Crippen molar-refractivity contribution >= 4 is 11.9 Å². The molecule has 1 atom stereocenters. The Bertz CT molecular complexity index is 713. The zero-order valence-electron chi connectivity index (χ0n) is 31.6. The number of esters is 1. The van der Waals surface area contributed by atoms with Crippen molar-refractivity contribution in [1.29, 1.82) is 0 Å². The van der Waals surface area contributed by atoms with Crippen LogP contribution in [0.1, 0.15) is 232 Å². The summed E-state index contributed by atoms with van der Waals surface area (Å²) in [5, 5.41) is 8.80. The summed E-state index contributed by atoms with van der Waals surface area (Å²) in [4.78, 5) is 23.2. The van der Waals surface area contributed by atoms with Gasteiger partial charge in [-0.25, -0.2) is 0 Å². The van der Waals surface area contributed by atoms with Crippen molar-refractivity contribution in [3.05, 3.63) is 24.3 Å². The zero-order chi connectivity index (χ0) is 34.3. The molecule has 1 N–H and O–H groups in total. The van der Waals surface area contributed by atoms with Crippen molar-refractivity contribution in [3.8, 4) is 0 Å². The van der Waals surface area contributed by atoms with E-state index in [1.54, 1.807) is 0 Å².